The quantitative estimate of drug-likeness (QED) is 0.445. The molecule has 0 atom stereocenters. The van der Waals surface area contributed by atoms with Crippen LogP contribution in [0.25, 0.3) is 11.3 Å². The van der Waals surface area contributed by atoms with Gasteiger partial charge in [-0.1, -0.05) is 0 Å². The highest BCUT2D eigenvalue weighted by Gasteiger charge is 2.11. The van der Waals surface area contributed by atoms with Gasteiger partial charge in [0.25, 0.3) is 0 Å². The number of nitrogens with one attached hydrogen (secondary N) is 2. The van der Waals surface area contributed by atoms with Crippen LogP contribution in [0.5, 0.6) is 0 Å². The van der Waals surface area contributed by atoms with E-state index in [1.165, 1.54) is 0 Å². The number of hydrogen-bond acceptors (Lipinski definition) is 7. The zero-order valence-electron chi connectivity index (χ0n) is 17.0. The van der Waals surface area contributed by atoms with Crippen molar-refractivity contribution in [2.45, 2.75) is 13.8 Å². The number of nitrogens with zero attached hydrogens (tertiary/aromatic N) is 4. The topological polar surface area (TPSA) is 111 Å². The summed E-state index contributed by atoms with van der Waals surface area (Å²) in [7, 11) is 0. The summed E-state index contributed by atoms with van der Waals surface area (Å²) in [6.07, 6.45) is 1.67. The highest BCUT2D eigenvalue weighted by molar-refractivity contribution is 5.72. The Labute approximate surface area is 179 Å². The number of rotatable bonds is 5. The van der Waals surface area contributed by atoms with E-state index in [1.807, 2.05) is 32.0 Å². The molecule has 0 bridgehead atoms. The molecule has 0 aliphatic carbocycles. The Morgan fingerprint density at radius 2 is 1.61 bits per heavy atom. The molecule has 7 heteroatoms. The van der Waals surface area contributed by atoms with E-state index < -0.39 is 0 Å². The van der Waals surface area contributed by atoms with Gasteiger partial charge in [0.15, 0.2) is 0 Å². The molecule has 2 N–H and O–H groups in total. The van der Waals surface area contributed by atoms with Crippen LogP contribution in [0, 0.1) is 36.5 Å². The minimum Gasteiger partial charge on any atom is -0.446 e. The largest absolute Gasteiger partial charge is 0.446 e. The van der Waals surface area contributed by atoms with Crippen LogP contribution < -0.4 is 10.6 Å². The molecule has 0 amide bonds. The van der Waals surface area contributed by atoms with Gasteiger partial charge in [-0.3, -0.25) is 0 Å². The zero-order valence-corrected chi connectivity index (χ0v) is 17.0. The molecule has 4 rings (SSSR count). The number of anilines is 4. The minimum atomic E-state index is 0.288. The summed E-state index contributed by atoms with van der Waals surface area (Å²) in [5.74, 6) is 2.04. The molecule has 150 valence electrons. The third kappa shape index (κ3) is 4.36. The number of furan rings is 1. The standard InChI is InChI=1S/C24H18N6O/c1-15-11-18(21-8-7-20(14-26)31-21)12-16(2)23(15)29-22-9-10-27-24(30-22)28-19-5-3-17(13-25)4-6-19/h3-12H,1-2H3,(H2,27,28,29,30). The second-order valence-electron chi connectivity index (χ2n) is 6.97. The molecule has 0 spiro atoms. The third-order valence-electron chi connectivity index (χ3n) is 4.71. The van der Waals surface area contributed by atoms with Crippen LogP contribution in [0.2, 0.25) is 0 Å². The maximum Gasteiger partial charge on any atom is 0.229 e. The maximum absolute atomic E-state index is 8.97. The fraction of sp³-hybridized carbons (Fsp3) is 0.0833. The Hall–Kier alpha value is -4.62. The van der Waals surface area contributed by atoms with E-state index >= 15 is 0 Å². The van der Waals surface area contributed by atoms with Crippen molar-refractivity contribution in [1.29, 1.82) is 10.5 Å². The average molecular weight is 406 g/mol. The van der Waals surface area contributed by atoms with Crippen molar-refractivity contribution in [2.75, 3.05) is 10.6 Å². The number of hydrogen-bond donors (Lipinski definition) is 2. The minimum absolute atomic E-state index is 0.288. The molecule has 0 unspecified atom stereocenters. The average Bonchev–Trinajstić information content (AvgIpc) is 3.26. The Bertz CT molecular complexity index is 1300. The van der Waals surface area contributed by atoms with Gasteiger partial charge in [0, 0.05) is 23.1 Å². The first-order valence-electron chi connectivity index (χ1n) is 9.54. The first-order chi connectivity index (χ1) is 15.1. The Balaban J connectivity index is 1.55. The Morgan fingerprint density at radius 1 is 0.871 bits per heavy atom. The van der Waals surface area contributed by atoms with E-state index in [4.69, 9.17) is 14.9 Å². The van der Waals surface area contributed by atoms with E-state index in [-0.39, 0.29) is 5.76 Å². The number of nitriles is 2. The zero-order chi connectivity index (χ0) is 21.8. The van der Waals surface area contributed by atoms with E-state index in [0.29, 0.717) is 23.1 Å². The predicted octanol–water partition coefficient (Wildman–Crippen LogP) is 5.58. The van der Waals surface area contributed by atoms with Crippen molar-refractivity contribution >= 4 is 23.1 Å². The van der Waals surface area contributed by atoms with E-state index in [1.54, 1.807) is 48.7 Å². The second-order valence-corrected chi connectivity index (χ2v) is 6.97. The number of aryl methyl sites for hydroxylation is 2. The SMILES string of the molecule is Cc1cc(-c2ccc(C#N)o2)cc(C)c1Nc1ccnc(Nc2ccc(C#N)cc2)n1. The van der Waals surface area contributed by atoms with Gasteiger partial charge in [0.2, 0.25) is 11.7 Å². The van der Waals surface area contributed by atoms with Crippen LogP contribution in [-0.4, -0.2) is 9.97 Å². The second kappa shape index (κ2) is 8.40. The molecule has 2 aromatic heterocycles. The van der Waals surface area contributed by atoms with Gasteiger partial charge < -0.3 is 15.1 Å². The van der Waals surface area contributed by atoms with Crippen LogP contribution in [0.1, 0.15) is 22.5 Å². The molecule has 0 radical (unpaired) electrons. The van der Waals surface area contributed by atoms with Crippen molar-refractivity contribution in [3.8, 4) is 23.5 Å². The van der Waals surface area contributed by atoms with Crippen LogP contribution in [0.4, 0.5) is 23.1 Å². The summed E-state index contributed by atoms with van der Waals surface area (Å²) in [5, 5.41) is 24.4. The lowest BCUT2D eigenvalue weighted by Gasteiger charge is -2.14. The van der Waals surface area contributed by atoms with Crippen molar-refractivity contribution in [3.05, 3.63) is 83.2 Å². The van der Waals surface area contributed by atoms with E-state index in [0.717, 1.165) is 28.1 Å². The molecule has 0 saturated heterocycles. The Kier molecular flexibility index (Phi) is 5.33. The monoisotopic (exact) mass is 406 g/mol. The summed E-state index contributed by atoms with van der Waals surface area (Å²) in [6, 6.07) is 20.4. The van der Waals surface area contributed by atoms with Crippen molar-refractivity contribution < 1.29 is 4.42 Å². The first-order valence-corrected chi connectivity index (χ1v) is 9.54. The molecule has 0 aliphatic heterocycles. The molecule has 0 aliphatic rings. The third-order valence-corrected chi connectivity index (χ3v) is 4.71. The van der Waals surface area contributed by atoms with Crippen molar-refractivity contribution in [1.82, 2.24) is 9.97 Å². The molecule has 7 nitrogen and oxygen atoms in total. The molecule has 0 saturated carbocycles. The first kappa shape index (κ1) is 19.7. The van der Waals surface area contributed by atoms with Gasteiger partial charge in [-0.05, 0) is 79.6 Å². The summed E-state index contributed by atoms with van der Waals surface area (Å²) in [5.41, 5.74) is 5.28. The molecule has 2 heterocycles. The van der Waals surface area contributed by atoms with Crippen LogP contribution in [0.3, 0.4) is 0 Å². The van der Waals surface area contributed by atoms with Gasteiger partial charge in [-0.25, -0.2) is 4.98 Å². The smallest absolute Gasteiger partial charge is 0.229 e. The highest BCUT2D eigenvalue weighted by Crippen LogP contribution is 2.31. The van der Waals surface area contributed by atoms with Gasteiger partial charge >= 0.3 is 0 Å². The van der Waals surface area contributed by atoms with Crippen LogP contribution in [0.15, 0.2) is 65.2 Å². The van der Waals surface area contributed by atoms with Gasteiger partial charge in [-0.2, -0.15) is 15.5 Å². The van der Waals surface area contributed by atoms with E-state index in [2.05, 4.69) is 26.7 Å². The fourth-order valence-electron chi connectivity index (χ4n) is 3.23. The molecular formula is C24H18N6O. The fourth-order valence-corrected chi connectivity index (χ4v) is 3.23. The van der Waals surface area contributed by atoms with E-state index in [9.17, 15) is 0 Å². The molecule has 0 fully saturated rings. The summed E-state index contributed by atoms with van der Waals surface area (Å²) >= 11 is 0. The highest BCUT2D eigenvalue weighted by atomic mass is 16.3. The molecule has 4 aromatic rings. The Morgan fingerprint density at radius 3 is 2.26 bits per heavy atom. The number of benzene rings is 2. The lowest BCUT2D eigenvalue weighted by Crippen LogP contribution is -2.02. The predicted molar refractivity (Wildman–Crippen MR) is 118 cm³/mol. The van der Waals surface area contributed by atoms with Gasteiger partial charge in [0.05, 0.1) is 11.6 Å². The van der Waals surface area contributed by atoms with Gasteiger partial charge in [0.1, 0.15) is 17.6 Å². The molecule has 31 heavy (non-hydrogen) atoms. The summed E-state index contributed by atoms with van der Waals surface area (Å²) < 4.78 is 5.55. The van der Waals surface area contributed by atoms with Crippen molar-refractivity contribution in [3.63, 3.8) is 0 Å². The number of aromatic nitrogens is 2. The normalized spacial score (nSPS) is 10.2. The summed E-state index contributed by atoms with van der Waals surface area (Å²) in [6.45, 7) is 4.01. The lowest BCUT2D eigenvalue weighted by atomic mass is 10.0. The molecular weight excluding hydrogens is 388 g/mol. The van der Waals surface area contributed by atoms with Gasteiger partial charge in [-0.15, -0.1) is 0 Å². The van der Waals surface area contributed by atoms with Crippen LogP contribution >= 0.6 is 0 Å². The maximum atomic E-state index is 8.97. The lowest BCUT2D eigenvalue weighted by molar-refractivity contribution is 0.567. The van der Waals surface area contributed by atoms with Crippen molar-refractivity contribution in [2.24, 2.45) is 0 Å². The molecule has 2 aromatic carbocycles. The van der Waals surface area contributed by atoms with Crippen LogP contribution in [-0.2, 0) is 0 Å². The summed E-state index contributed by atoms with van der Waals surface area (Å²) in [4.78, 5) is 8.79.